The molecule has 5 aliphatic rings. The van der Waals surface area contributed by atoms with Crippen molar-refractivity contribution in [3.05, 3.63) is 30.0 Å². The minimum Gasteiger partial charge on any atom is -0.464 e. The largest absolute Gasteiger partial charge is 0.464 e. The molecular weight excluding hydrogens is 462 g/mol. The number of piperidine rings is 1. The molecule has 1 unspecified atom stereocenters. The molecule has 2 amide bonds. The summed E-state index contributed by atoms with van der Waals surface area (Å²) in [5, 5.41) is 6.97. The SMILES string of the molecule is CN(CCCCCCCNc1ccc2occ(C3CCC(=O)NC3=O)c2c1)C12CC3CC(CC(C3)C1)C2. The lowest BCUT2D eigenvalue weighted by Crippen LogP contribution is -2.58. The summed E-state index contributed by atoms with van der Waals surface area (Å²) in [5.41, 5.74) is 3.26. The van der Waals surface area contributed by atoms with Crippen LogP contribution < -0.4 is 10.6 Å². The molecule has 4 saturated carbocycles. The van der Waals surface area contributed by atoms with E-state index in [1.54, 1.807) is 6.26 Å². The van der Waals surface area contributed by atoms with Crippen LogP contribution >= 0.6 is 0 Å². The lowest BCUT2D eigenvalue weighted by atomic mass is 9.52. The van der Waals surface area contributed by atoms with Crippen LogP contribution in [0.1, 0.15) is 95.0 Å². The molecule has 1 aliphatic heterocycles. The number of carbonyl (C=O) groups is 2. The first-order chi connectivity index (χ1) is 18.0. The second-order valence-electron chi connectivity index (χ2n) is 12.7. The third-order valence-corrected chi connectivity index (χ3v) is 10.0. The highest BCUT2D eigenvalue weighted by Crippen LogP contribution is 2.57. The molecule has 6 nitrogen and oxygen atoms in total. The molecule has 200 valence electrons. The van der Waals surface area contributed by atoms with Gasteiger partial charge in [-0.15, -0.1) is 0 Å². The third kappa shape index (κ3) is 5.19. The minimum atomic E-state index is -0.323. The van der Waals surface area contributed by atoms with Crippen LogP contribution in [0.2, 0.25) is 0 Å². The van der Waals surface area contributed by atoms with Crippen molar-refractivity contribution in [2.24, 2.45) is 17.8 Å². The predicted molar refractivity (Wildman–Crippen MR) is 146 cm³/mol. The molecule has 1 aromatic heterocycles. The Labute approximate surface area is 220 Å². The van der Waals surface area contributed by atoms with E-state index in [2.05, 4.69) is 28.6 Å². The normalized spacial score (nSPS) is 30.9. The summed E-state index contributed by atoms with van der Waals surface area (Å²) in [7, 11) is 2.42. The number of rotatable bonds is 11. The third-order valence-electron chi connectivity index (χ3n) is 10.0. The summed E-state index contributed by atoms with van der Waals surface area (Å²) in [6, 6.07) is 6.09. The number of carbonyl (C=O) groups excluding carboxylic acids is 2. The highest BCUT2D eigenvalue weighted by molar-refractivity contribution is 6.02. The molecule has 5 fully saturated rings. The van der Waals surface area contributed by atoms with Crippen molar-refractivity contribution < 1.29 is 14.0 Å². The van der Waals surface area contributed by atoms with E-state index in [9.17, 15) is 9.59 Å². The van der Waals surface area contributed by atoms with Crippen LogP contribution in [-0.4, -0.2) is 42.4 Å². The molecule has 0 radical (unpaired) electrons. The Hall–Kier alpha value is -2.34. The van der Waals surface area contributed by atoms with Crippen molar-refractivity contribution in [1.82, 2.24) is 10.2 Å². The van der Waals surface area contributed by atoms with E-state index >= 15 is 0 Å². The summed E-state index contributed by atoms with van der Waals surface area (Å²) >= 11 is 0. The molecule has 1 aromatic carbocycles. The van der Waals surface area contributed by atoms with Crippen LogP contribution in [0.25, 0.3) is 11.0 Å². The fourth-order valence-electron chi connectivity index (χ4n) is 8.43. The molecule has 1 saturated heterocycles. The molecule has 2 aromatic rings. The van der Waals surface area contributed by atoms with Gasteiger partial charge in [0.2, 0.25) is 11.8 Å². The molecular formula is C31H43N3O3. The van der Waals surface area contributed by atoms with Crippen molar-refractivity contribution in [1.29, 1.82) is 0 Å². The molecule has 6 heteroatoms. The van der Waals surface area contributed by atoms with Crippen molar-refractivity contribution >= 4 is 28.5 Å². The predicted octanol–water partition coefficient (Wildman–Crippen LogP) is 6.22. The summed E-state index contributed by atoms with van der Waals surface area (Å²) in [6.45, 7) is 2.22. The van der Waals surface area contributed by atoms with Gasteiger partial charge in [0.25, 0.3) is 0 Å². The Balaban J connectivity index is 0.911. The van der Waals surface area contributed by atoms with Crippen LogP contribution in [0.5, 0.6) is 0 Å². The van der Waals surface area contributed by atoms with Gasteiger partial charge in [-0.25, -0.2) is 0 Å². The summed E-state index contributed by atoms with van der Waals surface area (Å²) < 4.78 is 5.70. The van der Waals surface area contributed by atoms with E-state index in [0.717, 1.165) is 52.9 Å². The highest BCUT2D eigenvalue weighted by atomic mass is 16.3. The smallest absolute Gasteiger partial charge is 0.234 e. The number of nitrogens with zero attached hydrogens (tertiary/aromatic N) is 1. The van der Waals surface area contributed by atoms with Crippen LogP contribution in [0.4, 0.5) is 5.69 Å². The van der Waals surface area contributed by atoms with Crippen molar-refractivity contribution in [3.8, 4) is 0 Å². The lowest BCUT2D eigenvalue weighted by Gasteiger charge is -2.60. The maximum atomic E-state index is 12.3. The number of hydrogen-bond acceptors (Lipinski definition) is 5. The van der Waals surface area contributed by atoms with Crippen molar-refractivity contribution in [2.45, 2.75) is 94.9 Å². The number of furan rings is 1. The molecule has 2 N–H and O–H groups in total. The van der Waals surface area contributed by atoms with Crippen LogP contribution in [0, 0.1) is 17.8 Å². The number of hydrogen-bond donors (Lipinski definition) is 2. The van der Waals surface area contributed by atoms with Gasteiger partial charge in [-0.1, -0.05) is 19.3 Å². The Bertz CT molecular complexity index is 1100. The molecule has 0 spiro atoms. The first kappa shape index (κ1) is 25.0. The van der Waals surface area contributed by atoms with Crippen LogP contribution in [0.15, 0.2) is 28.9 Å². The zero-order valence-electron chi connectivity index (χ0n) is 22.4. The van der Waals surface area contributed by atoms with E-state index in [1.165, 1.54) is 70.8 Å². The van der Waals surface area contributed by atoms with Gasteiger partial charge in [0.1, 0.15) is 5.58 Å². The number of anilines is 1. The van der Waals surface area contributed by atoms with Crippen LogP contribution in [-0.2, 0) is 9.59 Å². The van der Waals surface area contributed by atoms with E-state index in [0.29, 0.717) is 18.4 Å². The molecule has 2 heterocycles. The Morgan fingerprint density at radius 2 is 1.70 bits per heavy atom. The van der Waals surface area contributed by atoms with Gasteiger partial charge >= 0.3 is 0 Å². The molecule has 4 bridgehead atoms. The fraction of sp³-hybridized carbons (Fsp3) is 0.677. The first-order valence-corrected chi connectivity index (χ1v) is 14.8. The zero-order valence-corrected chi connectivity index (χ0v) is 22.4. The van der Waals surface area contributed by atoms with Gasteiger partial charge in [-0.05, 0) is 107 Å². The maximum absolute atomic E-state index is 12.3. The summed E-state index contributed by atoms with van der Waals surface area (Å²) in [4.78, 5) is 26.6. The number of unbranched alkanes of at least 4 members (excludes halogenated alkanes) is 4. The summed E-state index contributed by atoms with van der Waals surface area (Å²) in [6.07, 6.45) is 18.0. The van der Waals surface area contributed by atoms with Crippen molar-refractivity contribution in [2.75, 3.05) is 25.5 Å². The average molecular weight is 506 g/mol. The van der Waals surface area contributed by atoms with Gasteiger partial charge in [-0.3, -0.25) is 14.9 Å². The van der Waals surface area contributed by atoms with Gasteiger partial charge < -0.3 is 14.6 Å². The fourth-order valence-corrected chi connectivity index (χ4v) is 8.43. The second-order valence-corrected chi connectivity index (χ2v) is 12.7. The quantitative estimate of drug-likeness (QED) is 0.280. The van der Waals surface area contributed by atoms with Gasteiger partial charge in [-0.2, -0.15) is 0 Å². The highest BCUT2D eigenvalue weighted by Gasteiger charge is 2.52. The van der Waals surface area contributed by atoms with E-state index < -0.39 is 0 Å². The average Bonchev–Trinajstić information content (AvgIpc) is 3.28. The standard InChI is InChI=1S/C31H43N3O3/c1-34(31-17-21-13-22(18-31)15-23(14-21)19-31)12-6-4-2-3-5-11-32-24-7-9-28-26(16-24)27(20-37-28)25-8-10-29(35)33-30(25)36/h7,9,16,20-23,25,32H,2-6,8,10-15,17-19H2,1H3,(H,33,35,36). The van der Waals surface area contributed by atoms with Crippen molar-refractivity contribution in [3.63, 3.8) is 0 Å². The molecule has 4 aliphatic carbocycles. The second kappa shape index (κ2) is 10.4. The minimum absolute atomic E-state index is 0.189. The number of nitrogens with one attached hydrogen (secondary N) is 2. The molecule has 1 atom stereocenters. The maximum Gasteiger partial charge on any atom is 0.234 e. The summed E-state index contributed by atoms with van der Waals surface area (Å²) in [5.74, 6) is 2.35. The number of imide groups is 1. The van der Waals surface area contributed by atoms with Crippen LogP contribution in [0.3, 0.4) is 0 Å². The van der Waals surface area contributed by atoms with Gasteiger partial charge in [0, 0.05) is 35.1 Å². The zero-order chi connectivity index (χ0) is 25.4. The number of fused-ring (bicyclic) bond motifs is 1. The first-order valence-electron chi connectivity index (χ1n) is 14.8. The van der Waals surface area contributed by atoms with E-state index in [-0.39, 0.29) is 17.7 Å². The Morgan fingerprint density at radius 1 is 1.00 bits per heavy atom. The molecule has 7 rings (SSSR count). The van der Waals surface area contributed by atoms with Gasteiger partial charge in [0.05, 0.1) is 12.2 Å². The molecule has 37 heavy (non-hydrogen) atoms. The van der Waals surface area contributed by atoms with Gasteiger partial charge in [0.15, 0.2) is 0 Å². The lowest BCUT2D eigenvalue weighted by molar-refractivity contribution is -0.134. The topological polar surface area (TPSA) is 74.6 Å². The van der Waals surface area contributed by atoms with E-state index in [4.69, 9.17) is 4.42 Å². The number of benzene rings is 1. The Morgan fingerprint density at radius 3 is 2.43 bits per heavy atom. The Kier molecular flexibility index (Phi) is 7.04. The number of amides is 2. The van der Waals surface area contributed by atoms with E-state index in [1.807, 2.05) is 12.1 Å². The monoisotopic (exact) mass is 505 g/mol.